The van der Waals surface area contributed by atoms with Gasteiger partial charge >= 0.3 is 0 Å². The van der Waals surface area contributed by atoms with E-state index in [4.69, 9.17) is 27.4 Å². The second-order valence-corrected chi connectivity index (χ2v) is 7.57. The van der Waals surface area contributed by atoms with Crippen molar-refractivity contribution in [2.45, 2.75) is 24.7 Å². The fraction of sp³-hybridized carbons (Fsp3) is 0.235. The summed E-state index contributed by atoms with van der Waals surface area (Å²) in [7, 11) is -3.81. The zero-order valence-electron chi connectivity index (χ0n) is 13.0. The van der Waals surface area contributed by atoms with Crippen LogP contribution in [0.15, 0.2) is 47.4 Å². The summed E-state index contributed by atoms with van der Waals surface area (Å²) < 4.78 is 28.9. The Balaban J connectivity index is 2.23. The first-order chi connectivity index (χ1) is 11.3. The van der Waals surface area contributed by atoms with Crippen molar-refractivity contribution in [2.75, 3.05) is 6.61 Å². The molecule has 0 aliphatic heterocycles. The molecule has 0 aromatic heterocycles. The lowest BCUT2D eigenvalue weighted by atomic mass is 10.0. The van der Waals surface area contributed by atoms with Crippen LogP contribution >= 0.6 is 23.2 Å². The summed E-state index contributed by atoms with van der Waals surface area (Å²) in [6.07, 6.45) is 1.49. The summed E-state index contributed by atoms with van der Waals surface area (Å²) in [5, 5.41) is 0.676. The third kappa shape index (κ3) is 4.57. The standard InChI is InChI=1S/C17H16Cl2O4S/c1-2-3-10-23-24(21,22)14-7-4-12(5-8-14)17(20)15-11-13(18)6-9-16(15)19/h4-9,11H,2-3,10H2,1H3. The third-order valence-corrected chi connectivity index (χ3v) is 5.21. The summed E-state index contributed by atoms with van der Waals surface area (Å²) in [4.78, 5) is 12.5. The topological polar surface area (TPSA) is 60.4 Å². The average molecular weight is 387 g/mol. The first-order valence-electron chi connectivity index (χ1n) is 7.34. The molecule has 128 valence electrons. The number of benzene rings is 2. The maximum absolute atomic E-state index is 12.5. The highest BCUT2D eigenvalue weighted by Gasteiger charge is 2.17. The molecule has 2 aromatic rings. The lowest BCUT2D eigenvalue weighted by Crippen LogP contribution is -2.08. The minimum absolute atomic E-state index is 0.00680. The van der Waals surface area contributed by atoms with Crippen molar-refractivity contribution in [1.29, 1.82) is 0 Å². The summed E-state index contributed by atoms with van der Waals surface area (Å²) in [5.41, 5.74) is 0.575. The van der Waals surface area contributed by atoms with Gasteiger partial charge in [0.25, 0.3) is 10.1 Å². The van der Waals surface area contributed by atoms with E-state index in [0.717, 1.165) is 6.42 Å². The molecule has 0 aliphatic carbocycles. The molecule has 0 N–H and O–H groups in total. The smallest absolute Gasteiger partial charge is 0.289 e. The second kappa shape index (κ2) is 8.12. The van der Waals surface area contributed by atoms with Gasteiger partial charge in [0.05, 0.1) is 16.5 Å². The quantitative estimate of drug-likeness (QED) is 0.392. The van der Waals surface area contributed by atoms with E-state index in [1.807, 2.05) is 6.92 Å². The molecule has 0 bridgehead atoms. The molecular formula is C17H16Cl2O4S. The molecule has 0 amide bonds. The van der Waals surface area contributed by atoms with Gasteiger partial charge in [0, 0.05) is 16.1 Å². The zero-order valence-corrected chi connectivity index (χ0v) is 15.3. The average Bonchev–Trinajstić information content (AvgIpc) is 2.56. The van der Waals surface area contributed by atoms with Gasteiger partial charge < -0.3 is 0 Å². The minimum Gasteiger partial charge on any atom is -0.289 e. The minimum atomic E-state index is -3.81. The van der Waals surface area contributed by atoms with Gasteiger partial charge in [-0.2, -0.15) is 8.42 Å². The summed E-state index contributed by atoms with van der Waals surface area (Å²) in [6.45, 7) is 2.08. The maximum Gasteiger partial charge on any atom is 0.296 e. The van der Waals surface area contributed by atoms with E-state index < -0.39 is 10.1 Å². The Morgan fingerprint density at radius 3 is 2.38 bits per heavy atom. The summed E-state index contributed by atoms with van der Waals surface area (Å²) >= 11 is 11.9. The molecule has 4 nitrogen and oxygen atoms in total. The number of unbranched alkanes of at least 4 members (excludes halogenated alkanes) is 1. The van der Waals surface area contributed by atoms with Gasteiger partial charge in [-0.1, -0.05) is 36.5 Å². The van der Waals surface area contributed by atoms with Gasteiger partial charge in [-0.15, -0.1) is 0 Å². The van der Waals surface area contributed by atoms with Crippen LogP contribution in [0.4, 0.5) is 0 Å². The van der Waals surface area contributed by atoms with Crippen molar-refractivity contribution in [3.8, 4) is 0 Å². The predicted octanol–water partition coefficient (Wildman–Crippen LogP) is 4.73. The number of hydrogen-bond acceptors (Lipinski definition) is 4. The first-order valence-corrected chi connectivity index (χ1v) is 9.51. The largest absolute Gasteiger partial charge is 0.296 e. The van der Waals surface area contributed by atoms with Crippen LogP contribution in [0.1, 0.15) is 35.7 Å². The fourth-order valence-electron chi connectivity index (χ4n) is 1.98. The van der Waals surface area contributed by atoms with E-state index in [-0.39, 0.29) is 27.9 Å². The van der Waals surface area contributed by atoms with Crippen molar-refractivity contribution < 1.29 is 17.4 Å². The molecule has 24 heavy (non-hydrogen) atoms. The Labute approximate surface area is 151 Å². The van der Waals surface area contributed by atoms with Crippen LogP contribution < -0.4 is 0 Å². The van der Waals surface area contributed by atoms with Gasteiger partial charge in [0.1, 0.15) is 0 Å². The van der Waals surface area contributed by atoms with Crippen LogP contribution in [0, 0.1) is 0 Å². The van der Waals surface area contributed by atoms with E-state index in [1.54, 1.807) is 6.07 Å². The third-order valence-electron chi connectivity index (χ3n) is 3.31. The van der Waals surface area contributed by atoms with Gasteiger partial charge in [-0.3, -0.25) is 8.98 Å². The van der Waals surface area contributed by atoms with Crippen molar-refractivity contribution in [1.82, 2.24) is 0 Å². The Kier molecular flexibility index (Phi) is 6.40. The molecule has 0 saturated heterocycles. The maximum atomic E-state index is 12.5. The van der Waals surface area contributed by atoms with Crippen molar-refractivity contribution in [3.63, 3.8) is 0 Å². The van der Waals surface area contributed by atoms with E-state index in [2.05, 4.69) is 0 Å². The van der Waals surface area contributed by atoms with Gasteiger partial charge in [0.2, 0.25) is 0 Å². The Morgan fingerprint density at radius 2 is 1.75 bits per heavy atom. The Morgan fingerprint density at radius 1 is 1.08 bits per heavy atom. The van der Waals surface area contributed by atoms with E-state index >= 15 is 0 Å². The SMILES string of the molecule is CCCCOS(=O)(=O)c1ccc(C(=O)c2cc(Cl)ccc2Cl)cc1. The van der Waals surface area contributed by atoms with E-state index in [9.17, 15) is 13.2 Å². The highest BCUT2D eigenvalue weighted by Crippen LogP contribution is 2.24. The Hall–Kier alpha value is -1.40. The van der Waals surface area contributed by atoms with Crippen molar-refractivity contribution in [2.24, 2.45) is 0 Å². The molecule has 0 spiro atoms. The van der Waals surface area contributed by atoms with Crippen molar-refractivity contribution >= 4 is 39.1 Å². The molecular weight excluding hydrogens is 371 g/mol. The molecule has 0 atom stereocenters. The fourth-order valence-corrected chi connectivity index (χ4v) is 3.30. The summed E-state index contributed by atoms with van der Waals surface area (Å²) in [5.74, 6) is -0.335. The first kappa shape index (κ1) is 18.9. The number of rotatable bonds is 7. The lowest BCUT2D eigenvalue weighted by Gasteiger charge is -2.07. The normalized spacial score (nSPS) is 11.5. The highest BCUT2D eigenvalue weighted by atomic mass is 35.5. The molecule has 2 aromatic carbocycles. The van der Waals surface area contributed by atoms with Gasteiger partial charge in [-0.25, -0.2) is 0 Å². The van der Waals surface area contributed by atoms with Crippen LogP contribution in [0.3, 0.4) is 0 Å². The van der Waals surface area contributed by atoms with Crippen LogP contribution in [-0.4, -0.2) is 20.8 Å². The zero-order chi connectivity index (χ0) is 17.7. The molecule has 0 heterocycles. The van der Waals surface area contributed by atoms with Crippen LogP contribution in [-0.2, 0) is 14.3 Å². The van der Waals surface area contributed by atoms with Gasteiger partial charge in [0.15, 0.2) is 5.78 Å². The number of carbonyl (C=O) groups excluding carboxylic acids is 1. The van der Waals surface area contributed by atoms with Crippen LogP contribution in [0.2, 0.25) is 10.0 Å². The lowest BCUT2D eigenvalue weighted by molar-refractivity contribution is 0.103. The predicted molar refractivity (Wildman–Crippen MR) is 94.4 cm³/mol. The molecule has 0 unspecified atom stereocenters. The van der Waals surface area contributed by atoms with Crippen LogP contribution in [0.25, 0.3) is 0 Å². The molecule has 0 fully saturated rings. The molecule has 7 heteroatoms. The number of carbonyl (C=O) groups is 1. The monoisotopic (exact) mass is 386 g/mol. The number of halogens is 2. The van der Waals surface area contributed by atoms with Gasteiger partial charge in [-0.05, 0) is 48.9 Å². The molecule has 0 radical (unpaired) electrons. The van der Waals surface area contributed by atoms with E-state index in [0.29, 0.717) is 17.0 Å². The highest BCUT2D eigenvalue weighted by molar-refractivity contribution is 7.86. The molecule has 2 rings (SSSR count). The van der Waals surface area contributed by atoms with E-state index in [1.165, 1.54) is 36.4 Å². The molecule has 0 saturated carbocycles. The number of hydrogen-bond donors (Lipinski definition) is 0. The van der Waals surface area contributed by atoms with Crippen molar-refractivity contribution in [3.05, 3.63) is 63.6 Å². The van der Waals surface area contributed by atoms with Crippen LogP contribution in [0.5, 0.6) is 0 Å². The Bertz CT molecular complexity index is 830. The number of ketones is 1. The second-order valence-electron chi connectivity index (χ2n) is 5.11. The summed E-state index contributed by atoms with van der Waals surface area (Å²) in [6, 6.07) is 10.1. The molecule has 0 aliphatic rings.